The maximum absolute atomic E-state index is 3.68. The summed E-state index contributed by atoms with van der Waals surface area (Å²) in [6, 6.07) is 12.5. The molecule has 2 heterocycles. The van der Waals surface area contributed by atoms with Gasteiger partial charge in [0.2, 0.25) is 0 Å². The van der Waals surface area contributed by atoms with Gasteiger partial charge in [-0.25, -0.2) is 0 Å². The quantitative estimate of drug-likeness (QED) is 0.687. The van der Waals surface area contributed by atoms with Gasteiger partial charge in [0.25, 0.3) is 0 Å². The van der Waals surface area contributed by atoms with Gasteiger partial charge in [0.15, 0.2) is 0 Å². The van der Waals surface area contributed by atoms with Gasteiger partial charge in [-0.15, -0.1) is 0 Å². The predicted octanol–water partition coefficient (Wildman–Crippen LogP) is 2.29. The minimum Gasteiger partial charge on any atom is -0.311 e. The maximum atomic E-state index is 3.68. The third kappa shape index (κ3) is 1.19. The molecule has 1 nitrogen and oxygen atoms in total. The van der Waals surface area contributed by atoms with Crippen molar-refractivity contribution in [3.05, 3.63) is 35.9 Å². The van der Waals surface area contributed by atoms with Crippen molar-refractivity contribution in [1.82, 2.24) is 5.32 Å². The summed E-state index contributed by atoms with van der Waals surface area (Å²) in [5, 5.41) is 3.68. The second-order valence-corrected chi connectivity index (χ2v) is 4.30. The Morgan fingerprint density at radius 3 is 2.54 bits per heavy atom. The first kappa shape index (κ1) is 7.57. The Hall–Kier alpha value is -0.820. The van der Waals surface area contributed by atoms with Crippen LogP contribution in [0.5, 0.6) is 0 Å². The number of nitrogens with one attached hydrogen (secondary N) is 1. The average Bonchev–Trinajstić information content (AvgIpc) is 2.80. The predicted molar refractivity (Wildman–Crippen MR) is 53.7 cm³/mol. The lowest BCUT2D eigenvalue weighted by Crippen LogP contribution is -2.21. The van der Waals surface area contributed by atoms with Gasteiger partial charge in [0.1, 0.15) is 0 Å². The Morgan fingerprint density at radius 1 is 1.08 bits per heavy atom. The van der Waals surface area contributed by atoms with Crippen LogP contribution in [0.4, 0.5) is 0 Å². The fraction of sp³-hybridized carbons (Fsp3) is 0.500. The van der Waals surface area contributed by atoms with Gasteiger partial charge in [0, 0.05) is 18.0 Å². The second kappa shape index (κ2) is 2.85. The van der Waals surface area contributed by atoms with Gasteiger partial charge < -0.3 is 5.32 Å². The summed E-state index contributed by atoms with van der Waals surface area (Å²) >= 11 is 0. The zero-order valence-electron chi connectivity index (χ0n) is 7.74. The molecule has 1 N–H and O–H groups in total. The standard InChI is InChI=1S/C12H15N/c1-2-4-9(5-3-1)11-8-10-6-7-12(11)13-10/h1-5,10-13H,6-8H2/t10-,11+,12+/m0/s1. The van der Waals surface area contributed by atoms with E-state index in [4.69, 9.17) is 0 Å². The smallest absolute Gasteiger partial charge is 0.0139 e. The van der Waals surface area contributed by atoms with Crippen LogP contribution in [0, 0.1) is 0 Å². The number of fused-ring (bicyclic) bond motifs is 2. The first-order valence-corrected chi connectivity index (χ1v) is 5.24. The molecule has 0 aromatic heterocycles. The van der Waals surface area contributed by atoms with Gasteiger partial charge in [-0.1, -0.05) is 30.3 Å². The monoisotopic (exact) mass is 173 g/mol. The van der Waals surface area contributed by atoms with E-state index in [0.717, 1.165) is 18.0 Å². The lowest BCUT2D eigenvalue weighted by Gasteiger charge is -2.20. The molecule has 3 atom stereocenters. The van der Waals surface area contributed by atoms with E-state index in [1.165, 1.54) is 24.8 Å². The highest BCUT2D eigenvalue weighted by Gasteiger charge is 2.39. The molecule has 1 aromatic rings. The van der Waals surface area contributed by atoms with Crippen LogP contribution in [0.1, 0.15) is 30.7 Å². The summed E-state index contributed by atoms with van der Waals surface area (Å²) in [5.74, 6) is 0.792. The molecule has 2 bridgehead atoms. The Bertz CT molecular complexity index is 293. The molecule has 1 heteroatoms. The molecule has 2 saturated heterocycles. The van der Waals surface area contributed by atoms with Crippen molar-refractivity contribution < 1.29 is 0 Å². The summed E-state index contributed by atoms with van der Waals surface area (Å²) in [5.41, 5.74) is 1.53. The van der Waals surface area contributed by atoms with Crippen molar-refractivity contribution in [2.75, 3.05) is 0 Å². The van der Waals surface area contributed by atoms with E-state index in [2.05, 4.69) is 35.6 Å². The number of hydrogen-bond acceptors (Lipinski definition) is 1. The van der Waals surface area contributed by atoms with E-state index in [1.54, 1.807) is 0 Å². The topological polar surface area (TPSA) is 12.0 Å². The molecule has 0 aliphatic carbocycles. The number of rotatable bonds is 1. The van der Waals surface area contributed by atoms with Crippen molar-refractivity contribution in [3.8, 4) is 0 Å². The fourth-order valence-electron chi connectivity index (χ4n) is 2.89. The Kier molecular flexibility index (Phi) is 1.66. The third-order valence-corrected chi connectivity index (χ3v) is 3.53. The highest BCUT2D eigenvalue weighted by molar-refractivity contribution is 5.24. The lowest BCUT2D eigenvalue weighted by atomic mass is 9.84. The molecule has 2 aliphatic rings. The van der Waals surface area contributed by atoms with E-state index >= 15 is 0 Å². The van der Waals surface area contributed by atoms with Crippen LogP contribution < -0.4 is 5.32 Å². The van der Waals surface area contributed by atoms with Gasteiger partial charge in [0.05, 0.1) is 0 Å². The second-order valence-electron chi connectivity index (χ2n) is 4.30. The Labute approximate surface area is 79.2 Å². The number of benzene rings is 1. The van der Waals surface area contributed by atoms with E-state index < -0.39 is 0 Å². The summed E-state index contributed by atoms with van der Waals surface area (Å²) in [6.07, 6.45) is 4.13. The number of hydrogen-bond donors (Lipinski definition) is 1. The van der Waals surface area contributed by atoms with Crippen LogP contribution in [0.3, 0.4) is 0 Å². The van der Waals surface area contributed by atoms with E-state index in [1.807, 2.05) is 0 Å². The van der Waals surface area contributed by atoms with Crippen LogP contribution in [0.15, 0.2) is 30.3 Å². The first-order valence-electron chi connectivity index (χ1n) is 5.24. The SMILES string of the molecule is c1ccc([C@H]2C[C@@H]3CC[C@H]2N3)cc1. The van der Waals surface area contributed by atoms with Gasteiger partial charge in [-0.2, -0.15) is 0 Å². The molecule has 0 saturated carbocycles. The highest BCUT2D eigenvalue weighted by Crippen LogP contribution is 2.39. The van der Waals surface area contributed by atoms with E-state index in [9.17, 15) is 0 Å². The molecule has 13 heavy (non-hydrogen) atoms. The summed E-state index contributed by atoms with van der Waals surface area (Å²) in [7, 11) is 0. The molecule has 1 aromatic carbocycles. The molecule has 3 rings (SSSR count). The molecule has 2 aliphatic heterocycles. The summed E-state index contributed by atoms with van der Waals surface area (Å²) < 4.78 is 0. The summed E-state index contributed by atoms with van der Waals surface area (Å²) in [6.45, 7) is 0. The van der Waals surface area contributed by atoms with Crippen LogP contribution in [0.25, 0.3) is 0 Å². The van der Waals surface area contributed by atoms with Crippen molar-refractivity contribution >= 4 is 0 Å². The fourth-order valence-corrected chi connectivity index (χ4v) is 2.89. The maximum Gasteiger partial charge on any atom is 0.0139 e. The zero-order chi connectivity index (χ0) is 8.67. The van der Waals surface area contributed by atoms with Crippen molar-refractivity contribution in [1.29, 1.82) is 0 Å². The Morgan fingerprint density at radius 2 is 1.92 bits per heavy atom. The summed E-state index contributed by atoms with van der Waals surface area (Å²) in [4.78, 5) is 0. The van der Waals surface area contributed by atoms with Crippen LogP contribution >= 0.6 is 0 Å². The molecule has 0 unspecified atom stereocenters. The molecular formula is C12H15N. The molecular weight excluding hydrogens is 158 g/mol. The minimum absolute atomic E-state index is 0.771. The molecule has 0 spiro atoms. The lowest BCUT2D eigenvalue weighted by molar-refractivity contribution is 0.506. The van der Waals surface area contributed by atoms with Crippen LogP contribution in [-0.2, 0) is 0 Å². The zero-order valence-corrected chi connectivity index (χ0v) is 7.74. The third-order valence-electron chi connectivity index (χ3n) is 3.53. The first-order chi connectivity index (χ1) is 6.43. The largest absolute Gasteiger partial charge is 0.311 e. The molecule has 2 fully saturated rings. The van der Waals surface area contributed by atoms with Crippen LogP contribution in [0.2, 0.25) is 0 Å². The van der Waals surface area contributed by atoms with E-state index in [-0.39, 0.29) is 0 Å². The Balaban J connectivity index is 1.87. The van der Waals surface area contributed by atoms with Gasteiger partial charge >= 0.3 is 0 Å². The van der Waals surface area contributed by atoms with Gasteiger partial charge in [-0.3, -0.25) is 0 Å². The normalized spacial score (nSPS) is 36.8. The van der Waals surface area contributed by atoms with Crippen molar-refractivity contribution in [3.63, 3.8) is 0 Å². The van der Waals surface area contributed by atoms with Crippen molar-refractivity contribution in [2.24, 2.45) is 0 Å². The van der Waals surface area contributed by atoms with E-state index in [0.29, 0.717) is 0 Å². The molecule has 68 valence electrons. The average molecular weight is 173 g/mol. The minimum atomic E-state index is 0.771. The van der Waals surface area contributed by atoms with Gasteiger partial charge in [-0.05, 0) is 24.8 Å². The van der Waals surface area contributed by atoms with Crippen LogP contribution in [-0.4, -0.2) is 12.1 Å². The van der Waals surface area contributed by atoms with Crippen molar-refractivity contribution in [2.45, 2.75) is 37.3 Å². The molecule has 0 radical (unpaired) electrons. The molecule has 0 amide bonds. The highest BCUT2D eigenvalue weighted by atomic mass is 15.0.